The first-order valence-electron chi connectivity index (χ1n) is 9.86. The third-order valence-corrected chi connectivity index (χ3v) is 7.41. The van der Waals surface area contributed by atoms with Crippen molar-refractivity contribution in [1.29, 1.82) is 0 Å². The molecule has 1 aliphatic rings. The van der Waals surface area contributed by atoms with E-state index < -0.39 is 15.8 Å². The van der Waals surface area contributed by atoms with Crippen LogP contribution in [0.2, 0.25) is 0 Å². The molecule has 8 heteroatoms. The van der Waals surface area contributed by atoms with Gasteiger partial charge in [0.2, 0.25) is 15.9 Å². The van der Waals surface area contributed by atoms with Crippen LogP contribution in [0.3, 0.4) is 0 Å². The van der Waals surface area contributed by atoms with Gasteiger partial charge in [0.25, 0.3) is 0 Å². The molecule has 2 aromatic rings. The van der Waals surface area contributed by atoms with Gasteiger partial charge in [-0.25, -0.2) is 12.8 Å². The maximum absolute atomic E-state index is 13.7. The number of halogens is 1. The van der Waals surface area contributed by atoms with E-state index in [0.717, 1.165) is 34.5 Å². The van der Waals surface area contributed by atoms with Gasteiger partial charge in [-0.2, -0.15) is 4.31 Å². The van der Waals surface area contributed by atoms with E-state index in [1.165, 1.54) is 17.5 Å². The van der Waals surface area contributed by atoms with E-state index in [2.05, 4.69) is 5.32 Å². The van der Waals surface area contributed by atoms with Crippen molar-refractivity contribution < 1.29 is 22.3 Å². The highest BCUT2D eigenvalue weighted by molar-refractivity contribution is 7.89. The zero-order valence-corrected chi connectivity index (χ0v) is 18.5. The number of hydrogen-bond acceptors (Lipinski definition) is 4. The molecule has 1 fully saturated rings. The van der Waals surface area contributed by atoms with Crippen LogP contribution < -0.4 is 10.1 Å². The highest BCUT2D eigenvalue weighted by Gasteiger charge is 2.34. The predicted octanol–water partition coefficient (Wildman–Crippen LogP) is 3.80. The number of aryl methyl sites for hydroxylation is 3. The smallest absolute Gasteiger partial charge is 0.246 e. The first-order chi connectivity index (χ1) is 14.1. The Hall–Kier alpha value is -2.45. The maximum Gasteiger partial charge on any atom is 0.246 e. The number of nitrogens with one attached hydrogen (secondary N) is 1. The quantitative estimate of drug-likeness (QED) is 0.777. The number of carbonyl (C=O) groups is 1. The topological polar surface area (TPSA) is 75.7 Å². The molecule has 0 bridgehead atoms. The third-order valence-electron chi connectivity index (χ3n) is 5.49. The minimum Gasteiger partial charge on any atom is -0.495 e. The number of ether oxygens (including phenoxy) is 1. The molecule has 1 heterocycles. The van der Waals surface area contributed by atoms with Crippen LogP contribution in [0.15, 0.2) is 35.2 Å². The highest BCUT2D eigenvalue weighted by atomic mass is 32.2. The lowest BCUT2D eigenvalue weighted by Crippen LogP contribution is -2.41. The lowest BCUT2D eigenvalue weighted by atomic mass is 9.96. The molecule has 2 aromatic carbocycles. The number of anilines is 1. The standard InChI is InChI=1S/C22H27FN2O4S/c1-14-11-15(2)21(16(3)12-14)24-22(26)17-7-9-25(10-8-17)30(27,28)20-13-18(23)5-6-19(20)29-4/h5-6,11-13,17H,7-10H2,1-4H3,(H,24,26). The fraction of sp³-hybridized carbons (Fsp3) is 0.409. The summed E-state index contributed by atoms with van der Waals surface area (Å²) in [7, 11) is -2.57. The molecule has 0 unspecified atom stereocenters. The van der Waals surface area contributed by atoms with Gasteiger partial charge in [0, 0.05) is 24.7 Å². The number of nitrogens with zero attached hydrogens (tertiary/aromatic N) is 1. The van der Waals surface area contributed by atoms with E-state index in [-0.39, 0.29) is 35.6 Å². The van der Waals surface area contributed by atoms with E-state index in [1.54, 1.807) is 0 Å². The molecule has 0 aliphatic carbocycles. The Kier molecular flexibility index (Phi) is 6.47. The van der Waals surface area contributed by atoms with Crippen LogP contribution in [-0.2, 0) is 14.8 Å². The van der Waals surface area contributed by atoms with Crippen LogP contribution in [0.1, 0.15) is 29.5 Å². The third kappa shape index (κ3) is 4.49. The number of hydrogen-bond donors (Lipinski definition) is 1. The van der Waals surface area contributed by atoms with E-state index >= 15 is 0 Å². The molecule has 1 amide bonds. The van der Waals surface area contributed by atoms with Crippen molar-refractivity contribution in [3.05, 3.63) is 52.8 Å². The second kappa shape index (κ2) is 8.73. The number of benzene rings is 2. The number of rotatable bonds is 5. The van der Waals surface area contributed by atoms with E-state index in [1.807, 2.05) is 32.9 Å². The first-order valence-corrected chi connectivity index (χ1v) is 11.3. The van der Waals surface area contributed by atoms with Crippen molar-refractivity contribution in [2.24, 2.45) is 5.92 Å². The number of piperidine rings is 1. The summed E-state index contributed by atoms with van der Waals surface area (Å²) in [4.78, 5) is 12.6. The largest absolute Gasteiger partial charge is 0.495 e. The molecule has 6 nitrogen and oxygen atoms in total. The molecule has 1 saturated heterocycles. The monoisotopic (exact) mass is 434 g/mol. The summed E-state index contributed by atoms with van der Waals surface area (Å²) in [6, 6.07) is 7.46. The lowest BCUT2D eigenvalue weighted by molar-refractivity contribution is -0.120. The summed E-state index contributed by atoms with van der Waals surface area (Å²) >= 11 is 0. The summed E-state index contributed by atoms with van der Waals surface area (Å²) in [5.41, 5.74) is 3.94. The molecule has 162 valence electrons. The van der Waals surface area contributed by atoms with Crippen LogP contribution in [0.4, 0.5) is 10.1 Å². The lowest BCUT2D eigenvalue weighted by Gasteiger charge is -2.31. The molecule has 0 spiro atoms. The summed E-state index contributed by atoms with van der Waals surface area (Å²) in [5.74, 6) is -0.939. The number of amides is 1. The molecule has 0 atom stereocenters. The fourth-order valence-electron chi connectivity index (χ4n) is 3.95. The van der Waals surface area contributed by atoms with E-state index in [0.29, 0.717) is 12.8 Å². The van der Waals surface area contributed by atoms with Crippen molar-refractivity contribution in [3.63, 3.8) is 0 Å². The Morgan fingerprint density at radius 1 is 1.10 bits per heavy atom. The van der Waals surface area contributed by atoms with E-state index in [9.17, 15) is 17.6 Å². The summed E-state index contributed by atoms with van der Waals surface area (Å²) < 4.78 is 46.0. The number of carbonyl (C=O) groups excluding carboxylic acids is 1. The molecule has 0 aromatic heterocycles. The summed E-state index contributed by atoms with van der Waals surface area (Å²) in [6.07, 6.45) is 0.791. The fourth-order valence-corrected chi connectivity index (χ4v) is 5.59. The number of sulfonamides is 1. The van der Waals surface area contributed by atoms with Gasteiger partial charge in [-0.1, -0.05) is 17.7 Å². The molecule has 0 saturated carbocycles. The van der Waals surface area contributed by atoms with Crippen LogP contribution in [-0.4, -0.2) is 38.8 Å². The second-order valence-electron chi connectivity index (χ2n) is 7.74. The maximum atomic E-state index is 13.7. The van der Waals surface area contributed by atoms with Gasteiger partial charge >= 0.3 is 0 Å². The van der Waals surface area contributed by atoms with Crippen LogP contribution in [0, 0.1) is 32.5 Å². The average molecular weight is 435 g/mol. The normalized spacial score (nSPS) is 15.8. The minimum absolute atomic E-state index is 0.0987. The Balaban J connectivity index is 1.70. The van der Waals surface area contributed by atoms with Crippen molar-refractivity contribution in [3.8, 4) is 5.75 Å². The van der Waals surface area contributed by atoms with Gasteiger partial charge in [-0.05, 0) is 62.9 Å². The van der Waals surface area contributed by atoms with Crippen molar-refractivity contribution >= 4 is 21.6 Å². The molecule has 30 heavy (non-hydrogen) atoms. The van der Waals surface area contributed by atoms with Crippen LogP contribution in [0.5, 0.6) is 5.75 Å². The van der Waals surface area contributed by atoms with Gasteiger partial charge < -0.3 is 10.1 Å². The van der Waals surface area contributed by atoms with Gasteiger partial charge in [-0.3, -0.25) is 4.79 Å². The summed E-state index contributed by atoms with van der Waals surface area (Å²) in [5, 5.41) is 3.01. The van der Waals surface area contributed by atoms with Crippen molar-refractivity contribution in [2.45, 2.75) is 38.5 Å². The molecule has 3 rings (SSSR count). The van der Waals surface area contributed by atoms with Crippen LogP contribution >= 0.6 is 0 Å². The highest BCUT2D eigenvalue weighted by Crippen LogP contribution is 2.31. The van der Waals surface area contributed by atoms with Crippen molar-refractivity contribution in [1.82, 2.24) is 4.31 Å². The molecular weight excluding hydrogens is 407 g/mol. The number of methoxy groups -OCH3 is 1. The van der Waals surface area contributed by atoms with Crippen molar-refractivity contribution in [2.75, 3.05) is 25.5 Å². The van der Waals surface area contributed by atoms with Crippen LogP contribution in [0.25, 0.3) is 0 Å². The Bertz CT molecular complexity index is 1040. The van der Waals surface area contributed by atoms with Gasteiger partial charge in [0.1, 0.15) is 16.5 Å². The molecule has 1 aliphatic heterocycles. The minimum atomic E-state index is -3.92. The molecular formula is C22H27FN2O4S. The Labute approximate surface area is 177 Å². The second-order valence-corrected chi connectivity index (χ2v) is 9.64. The Morgan fingerprint density at radius 3 is 2.27 bits per heavy atom. The zero-order chi connectivity index (χ0) is 22.1. The van der Waals surface area contributed by atoms with Gasteiger partial charge in [0.05, 0.1) is 7.11 Å². The molecule has 0 radical (unpaired) electrons. The SMILES string of the molecule is COc1ccc(F)cc1S(=O)(=O)N1CCC(C(=O)Nc2c(C)cc(C)cc2C)CC1. The molecule has 1 N–H and O–H groups in total. The predicted molar refractivity (Wildman–Crippen MR) is 114 cm³/mol. The Morgan fingerprint density at radius 2 is 1.70 bits per heavy atom. The van der Waals surface area contributed by atoms with Gasteiger partial charge in [0.15, 0.2) is 0 Å². The summed E-state index contributed by atoms with van der Waals surface area (Å²) in [6.45, 7) is 6.29. The van der Waals surface area contributed by atoms with E-state index in [4.69, 9.17) is 4.74 Å². The average Bonchev–Trinajstić information content (AvgIpc) is 2.70. The van der Waals surface area contributed by atoms with Gasteiger partial charge in [-0.15, -0.1) is 0 Å². The zero-order valence-electron chi connectivity index (χ0n) is 17.7. The first kappa shape index (κ1) is 22.2.